The fourth-order valence-electron chi connectivity index (χ4n) is 1.76. The Morgan fingerprint density at radius 1 is 1.28 bits per heavy atom. The largest absolute Gasteiger partial charge is 0.478 e. The van der Waals surface area contributed by atoms with Crippen molar-refractivity contribution < 1.29 is 19.8 Å². The van der Waals surface area contributed by atoms with Gasteiger partial charge in [-0.3, -0.25) is 4.79 Å². The third-order valence-electron chi connectivity index (χ3n) is 2.79. The van der Waals surface area contributed by atoms with Crippen LogP contribution in [0.4, 0.5) is 0 Å². The summed E-state index contributed by atoms with van der Waals surface area (Å²) in [6.45, 7) is 3.75. The number of carbonyl (C=O) groups is 2. The van der Waals surface area contributed by atoms with Gasteiger partial charge in [0.05, 0.1) is 23.8 Å². The van der Waals surface area contributed by atoms with E-state index in [0.717, 1.165) is 0 Å². The lowest BCUT2D eigenvalue weighted by atomic mass is 10.1. The van der Waals surface area contributed by atoms with Crippen LogP contribution in [0.1, 0.15) is 34.6 Å². The number of carboxylic acid groups (broad SMARTS) is 1. The van der Waals surface area contributed by atoms with Crippen molar-refractivity contribution in [2.24, 2.45) is 0 Å². The van der Waals surface area contributed by atoms with E-state index in [4.69, 9.17) is 10.2 Å². The molecule has 0 radical (unpaired) electrons. The quantitative estimate of drug-likeness (QED) is 0.825. The molecule has 0 saturated carbocycles. The zero-order valence-electron chi connectivity index (χ0n) is 10.5. The molecule has 0 aliphatic heterocycles. The van der Waals surface area contributed by atoms with Gasteiger partial charge < -0.3 is 15.1 Å². The number of amides is 1. The standard InChI is InChI=1S/C13H17NO4/c1-3-14(9(2)8-15)12(16)10-6-4-5-7-11(10)13(17)18/h4-7,9,15H,3,8H2,1-2H3,(H,17,18). The molecule has 98 valence electrons. The van der Waals surface area contributed by atoms with Gasteiger partial charge in [-0.05, 0) is 26.0 Å². The van der Waals surface area contributed by atoms with Gasteiger partial charge in [-0.15, -0.1) is 0 Å². The number of carboxylic acids is 1. The molecule has 0 aliphatic rings. The molecule has 18 heavy (non-hydrogen) atoms. The molecule has 0 saturated heterocycles. The number of benzene rings is 1. The molecule has 0 spiro atoms. The molecule has 0 heterocycles. The fourth-order valence-corrected chi connectivity index (χ4v) is 1.76. The first kappa shape index (κ1) is 14.2. The number of nitrogens with zero attached hydrogens (tertiary/aromatic N) is 1. The monoisotopic (exact) mass is 251 g/mol. The first-order valence-electron chi connectivity index (χ1n) is 5.77. The van der Waals surface area contributed by atoms with Crippen molar-refractivity contribution in [3.05, 3.63) is 35.4 Å². The van der Waals surface area contributed by atoms with Crippen LogP contribution in [0.15, 0.2) is 24.3 Å². The van der Waals surface area contributed by atoms with Crippen LogP contribution < -0.4 is 0 Å². The van der Waals surface area contributed by atoms with Gasteiger partial charge in [0, 0.05) is 6.54 Å². The van der Waals surface area contributed by atoms with E-state index in [1.807, 2.05) is 0 Å². The van der Waals surface area contributed by atoms with Crippen molar-refractivity contribution in [2.75, 3.05) is 13.2 Å². The van der Waals surface area contributed by atoms with E-state index in [0.29, 0.717) is 6.54 Å². The Kier molecular flexibility index (Phi) is 4.85. The second-order valence-corrected chi connectivity index (χ2v) is 3.97. The minimum atomic E-state index is -1.13. The van der Waals surface area contributed by atoms with E-state index in [2.05, 4.69) is 0 Å². The van der Waals surface area contributed by atoms with Gasteiger partial charge in [0.1, 0.15) is 0 Å². The second kappa shape index (κ2) is 6.16. The van der Waals surface area contributed by atoms with E-state index in [1.165, 1.54) is 17.0 Å². The number of aliphatic hydroxyl groups excluding tert-OH is 1. The van der Waals surface area contributed by atoms with Crippen LogP contribution in [0.5, 0.6) is 0 Å². The molecule has 1 aromatic carbocycles. The SMILES string of the molecule is CCN(C(=O)c1ccccc1C(=O)O)C(C)CO. The minimum Gasteiger partial charge on any atom is -0.478 e. The summed E-state index contributed by atoms with van der Waals surface area (Å²) in [5.74, 6) is -1.51. The van der Waals surface area contributed by atoms with Crippen molar-refractivity contribution in [3.63, 3.8) is 0 Å². The van der Waals surface area contributed by atoms with Crippen LogP contribution >= 0.6 is 0 Å². The van der Waals surface area contributed by atoms with Crippen molar-refractivity contribution >= 4 is 11.9 Å². The summed E-state index contributed by atoms with van der Waals surface area (Å²) in [5.41, 5.74) is 0.123. The number of hydrogen-bond donors (Lipinski definition) is 2. The van der Waals surface area contributed by atoms with Crippen molar-refractivity contribution in [2.45, 2.75) is 19.9 Å². The number of aliphatic hydroxyl groups is 1. The summed E-state index contributed by atoms with van der Waals surface area (Å²) in [6.07, 6.45) is 0. The molecule has 1 unspecified atom stereocenters. The molecule has 1 rings (SSSR count). The Labute approximate surface area is 106 Å². The summed E-state index contributed by atoms with van der Waals surface area (Å²) in [7, 11) is 0. The fraction of sp³-hybridized carbons (Fsp3) is 0.385. The van der Waals surface area contributed by atoms with Gasteiger partial charge in [0.2, 0.25) is 0 Å². The van der Waals surface area contributed by atoms with Gasteiger partial charge in [0.15, 0.2) is 0 Å². The molecular weight excluding hydrogens is 234 g/mol. The highest BCUT2D eigenvalue weighted by atomic mass is 16.4. The third-order valence-corrected chi connectivity index (χ3v) is 2.79. The molecule has 1 amide bonds. The predicted octanol–water partition coefficient (Wildman–Crippen LogP) is 1.23. The molecule has 2 N–H and O–H groups in total. The van der Waals surface area contributed by atoms with Gasteiger partial charge >= 0.3 is 5.97 Å². The summed E-state index contributed by atoms with van der Waals surface area (Å²) in [5, 5.41) is 18.1. The zero-order chi connectivity index (χ0) is 13.7. The maximum absolute atomic E-state index is 12.3. The molecule has 1 atom stereocenters. The summed E-state index contributed by atoms with van der Waals surface area (Å²) < 4.78 is 0. The topological polar surface area (TPSA) is 77.8 Å². The highest BCUT2D eigenvalue weighted by Gasteiger charge is 2.23. The van der Waals surface area contributed by atoms with Crippen molar-refractivity contribution in [1.29, 1.82) is 0 Å². The Bertz CT molecular complexity index is 444. The molecular formula is C13H17NO4. The number of hydrogen-bond acceptors (Lipinski definition) is 3. The lowest BCUT2D eigenvalue weighted by Crippen LogP contribution is -2.41. The van der Waals surface area contributed by atoms with Crippen LogP contribution in [0.3, 0.4) is 0 Å². The third kappa shape index (κ3) is 2.87. The van der Waals surface area contributed by atoms with Crippen LogP contribution in [0, 0.1) is 0 Å². The Morgan fingerprint density at radius 2 is 1.83 bits per heavy atom. The lowest BCUT2D eigenvalue weighted by molar-refractivity contribution is 0.0612. The molecule has 0 aliphatic carbocycles. The minimum absolute atomic E-state index is 0.0221. The van der Waals surface area contributed by atoms with Crippen LogP contribution in [-0.2, 0) is 0 Å². The van der Waals surface area contributed by atoms with Crippen LogP contribution in [0.2, 0.25) is 0 Å². The predicted molar refractivity (Wildman–Crippen MR) is 66.7 cm³/mol. The first-order valence-corrected chi connectivity index (χ1v) is 5.77. The van der Waals surface area contributed by atoms with Crippen molar-refractivity contribution in [3.8, 4) is 0 Å². The molecule has 0 fully saturated rings. The summed E-state index contributed by atoms with van der Waals surface area (Å²) >= 11 is 0. The van der Waals surface area contributed by atoms with E-state index >= 15 is 0 Å². The zero-order valence-corrected chi connectivity index (χ0v) is 10.5. The molecule has 5 heteroatoms. The van der Waals surface area contributed by atoms with Crippen LogP contribution in [-0.4, -0.2) is 46.2 Å². The number of aromatic carboxylic acids is 1. The molecule has 0 aromatic heterocycles. The van der Waals surface area contributed by atoms with E-state index in [1.54, 1.807) is 26.0 Å². The van der Waals surface area contributed by atoms with E-state index in [9.17, 15) is 9.59 Å². The molecule has 1 aromatic rings. The van der Waals surface area contributed by atoms with Gasteiger partial charge in [-0.1, -0.05) is 12.1 Å². The number of rotatable bonds is 5. The first-order chi connectivity index (χ1) is 8.52. The maximum Gasteiger partial charge on any atom is 0.336 e. The van der Waals surface area contributed by atoms with E-state index in [-0.39, 0.29) is 29.7 Å². The van der Waals surface area contributed by atoms with Gasteiger partial charge in [-0.2, -0.15) is 0 Å². The average Bonchev–Trinajstić information content (AvgIpc) is 2.39. The highest BCUT2D eigenvalue weighted by molar-refractivity contribution is 6.04. The summed E-state index contributed by atoms with van der Waals surface area (Å²) in [6, 6.07) is 5.73. The molecule has 0 bridgehead atoms. The maximum atomic E-state index is 12.3. The van der Waals surface area contributed by atoms with Gasteiger partial charge in [0.25, 0.3) is 5.91 Å². The Hall–Kier alpha value is -1.88. The second-order valence-electron chi connectivity index (χ2n) is 3.97. The number of carbonyl (C=O) groups excluding carboxylic acids is 1. The molecule has 5 nitrogen and oxygen atoms in total. The Morgan fingerprint density at radius 3 is 2.28 bits per heavy atom. The smallest absolute Gasteiger partial charge is 0.336 e. The highest BCUT2D eigenvalue weighted by Crippen LogP contribution is 2.13. The van der Waals surface area contributed by atoms with E-state index < -0.39 is 5.97 Å². The Balaban J connectivity index is 3.13. The number of likely N-dealkylation sites (N-methyl/N-ethyl adjacent to an activating group) is 1. The van der Waals surface area contributed by atoms with Crippen molar-refractivity contribution in [1.82, 2.24) is 4.90 Å². The lowest BCUT2D eigenvalue weighted by Gasteiger charge is -2.27. The van der Waals surface area contributed by atoms with Crippen LogP contribution in [0.25, 0.3) is 0 Å². The average molecular weight is 251 g/mol. The van der Waals surface area contributed by atoms with Gasteiger partial charge in [-0.25, -0.2) is 4.79 Å². The normalized spacial score (nSPS) is 11.9. The summed E-state index contributed by atoms with van der Waals surface area (Å²) in [4.78, 5) is 24.8.